The number of hydrogen-bond acceptors (Lipinski definition) is 3. The maximum absolute atomic E-state index is 5.88. The van der Waals surface area contributed by atoms with Gasteiger partial charge in [0.15, 0.2) is 0 Å². The second kappa shape index (κ2) is 5.32. The highest BCUT2D eigenvalue weighted by atomic mass is 16.5. The van der Waals surface area contributed by atoms with Gasteiger partial charge in [0.25, 0.3) is 0 Å². The van der Waals surface area contributed by atoms with Crippen LogP contribution in [-0.4, -0.2) is 49.3 Å². The monoisotopic (exact) mass is 219 g/mol. The quantitative estimate of drug-likeness (QED) is 0.765. The largest absolute Gasteiger partial charge is 0.475 e. The van der Waals surface area contributed by atoms with Crippen LogP contribution in [0, 0.1) is 6.07 Å². The van der Waals surface area contributed by atoms with Crippen LogP contribution in [0.3, 0.4) is 0 Å². The van der Waals surface area contributed by atoms with Crippen LogP contribution in [0.1, 0.15) is 6.92 Å². The fourth-order valence-corrected chi connectivity index (χ4v) is 1.91. The molecule has 1 atom stereocenters. The van der Waals surface area contributed by atoms with Gasteiger partial charge in [-0.2, -0.15) is 0 Å². The molecule has 0 bridgehead atoms. The molecule has 1 aromatic rings. The minimum atomic E-state index is 0.149. The molecule has 0 N–H and O–H groups in total. The second-order valence-electron chi connectivity index (χ2n) is 4.29. The Hall–Kier alpha value is -1.06. The minimum Gasteiger partial charge on any atom is -0.475 e. The number of hydrogen-bond donors (Lipinski definition) is 0. The van der Waals surface area contributed by atoms with Crippen molar-refractivity contribution in [2.45, 2.75) is 13.2 Å². The van der Waals surface area contributed by atoms with Crippen molar-refractivity contribution in [1.29, 1.82) is 0 Å². The number of piperazine rings is 1. The summed E-state index contributed by atoms with van der Waals surface area (Å²) in [7, 11) is 2.16. The Morgan fingerprint density at radius 2 is 1.81 bits per heavy atom. The van der Waals surface area contributed by atoms with Gasteiger partial charge in [0.2, 0.25) is 0 Å². The van der Waals surface area contributed by atoms with Gasteiger partial charge in [-0.25, -0.2) is 0 Å². The molecule has 3 nitrogen and oxygen atoms in total. The van der Waals surface area contributed by atoms with Crippen LogP contribution in [-0.2, 0) is 0 Å². The highest BCUT2D eigenvalue weighted by Gasteiger charge is 2.19. The normalized spacial score (nSPS) is 20.6. The van der Waals surface area contributed by atoms with Gasteiger partial charge in [0.05, 0.1) is 0 Å². The van der Waals surface area contributed by atoms with Crippen LogP contribution in [0.4, 0.5) is 0 Å². The lowest BCUT2D eigenvalue weighted by Gasteiger charge is -2.36. The predicted molar refractivity (Wildman–Crippen MR) is 64.4 cm³/mol. The molecule has 16 heavy (non-hydrogen) atoms. The van der Waals surface area contributed by atoms with Gasteiger partial charge in [-0.05, 0) is 32.2 Å². The molecule has 2 rings (SSSR count). The topological polar surface area (TPSA) is 15.7 Å². The molecule has 1 fully saturated rings. The molecule has 87 valence electrons. The summed E-state index contributed by atoms with van der Waals surface area (Å²) in [5.74, 6) is 0.921. The number of rotatable bonds is 3. The summed E-state index contributed by atoms with van der Waals surface area (Å²) in [6.45, 7) is 6.52. The molecule has 0 amide bonds. The lowest BCUT2D eigenvalue weighted by atomic mass is 10.3. The first-order chi connectivity index (χ1) is 7.75. The summed E-state index contributed by atoms with van der Waals surface area (Å²) in [5.41, 5.74) is 0. The van der Waals surface area contributed by atoms with Gasteiger partial charge in [-0.15, -0.1) is 0 Å². The van der Waals surface area contributed by atoms with E-state index in [1.54, 1.807) is 0 Å². The minimum absolute atomic E-state index is 0.149. The summed E-state index contributed by atoms with van der Waals surface area (Å²) in [6.07, 6.45) is 0.149. The smallest absolute Gasteiger partial charge is 0.149 e. The van der Waals surface area contributed by atoms with Crippen molar-refractivity contribution >= 4 is 0 Å². The van der Waals surface area contributed by atoms with Crippen molar-refractivity contribution in [2.24, 2.45) is 0 Å². The summed E-state index contributed by atoms with van der Waals surface area (Å²) in [5, 5.41) is 0. The third kappa shape index (κ3) is 2.97. The SMILES string of the molecule is CC(Oc1cc[c]cc1)N1CCN(C)CC1. The number of likely N-dealkylation sites (N-methyl/N-ethyl adjacent to an activating group) is 1. The molecule has 1 unspecified atom stereocenters. The Balaban J connectivity index is 1.86. The van der Waals surface area contributed by atoms with Crippen molar-refractivity contribution in [2.75, 3.05) is 33.2 Å². The highest BCUT2D eigenvalue weighted by Crippen LogP contribution is 2.13. The van der Waals surface area contributed by atoms with Crippen LogP contribution in [0.15, 0.2) is 24.3 Å². The lowest BCUT2D eigenvalue weighted by Crippen LogP contribution is -2.49. The molecule has 0 spiro atoms. The molecule has 1 aliphatic rings. The molecule has 0 aromatic heterocycles. The van der Waals surface area contributed by atoms with E-state index < -0.39 is 0 Å². The number of nitrogens with zero attached hydrogens (tertiary/aromatic N) is 2. The van der Waals surface area contributed by atoms with Crippen molar-refractivity contribution in [3.05, 3.63) is 30.3 Å². The van der Waals surface area contributed by atoms with E-state index in [0.717, 1.165) is 31.9 Å². The fraction of sp³-hybridized carbons (Fsp3) is 0.538. The van der Waals surface area contributed by atoms with Gasteiger partial charge < -0.3 is 9.64 Å². The average molecular weight is 219 g/mol. The zero-order chi connectivity index (χ0) is 11.4. The van der Waals surface area contributed by atoms with E-state index in [9.17, 15) is 0 Å². The third-order valence-electron chi connectivity index (χ3n) is 3.05. The summed E-state index contributed by atoms with van der Waals surface area (Å²) >= 11 is 0. The Morgan fingerprint density at radius 1 is 1.19 bits per heavy atom. The van der Waals surface area contributed by atoms with E-state index >= 15 is 0 Å². The van der Waals surface area contributed by atoms with Gasteiger partial charge in [-0.1, -0.05) is 12.1 Å². The molecule has 1 aromatic carbocycles. The first kappa shape index (κ1) is 11.4. The maximum atomic E-state index is 5.88. The van der Waals surface area contributed by atoms with Crippen molar-refractivity contribution < 1.29 is 4.74 Å². The molecular weight excluding hydrogens is 200 g/mol. The van der Waals surface area contributed by atoms with Crippen LogP contribution < -0.4 is 4.74 Å². The van der Waals surface area contributed by atoms with E-state index in [-0.39, 0.29) is 6.23 Å². The van der Waals surface area contributed by atoms with E-state index in [1.807, 2.05) is 24.3 Å². The van der Waals surface area contributed by atoms with Crippen molar-refractivity contribution in [3.63, 3.8) is 0 Å². The molecule has 1 radical (unpaired) electrons. The Labute approximate surface area is 97.6 Å². The molecule has 1 heterocycles. The van der Waals surface area contributed by atoms with Crippen LogP contribution in [0.25, 0.3) is 0 Å². The van der Waals surface area contributed by atoms with Gasteiger partial charge in [0, 0.05) is 26.2 Å². The summed E-state index contributed by atoms with van der Waals surface area (Å²) in [4.78, 5) is 4.72. The summed E-state index contributed by atoms with van der Waals surface area (Å²) in [6, 6.07) is 10.7. The Morgan fingerprint density at radius 3 is 2.44 bits per heavy atom. The predicted octanol–water partition coefficient (Wildman–Crippen LogP) is 1.46. The fourth-order valence-electron chi connectivity index (χ4n) is 1.91. The van der Waals surface area contributed by atoms with Crippen molar-refractivity contribution in [1.82, 2.24) is 9.80 Å². The molecule has 0 saturated carbocycles. The van der Waals surface area contributed by atoms with Crippen molar-refractivity contribution in [3.8, 4) is 5.75 Å². The summed E-state index contributed by atoms with van der Waals surface area (Å²) < 4.78 is 5.88. The Kier molecular flexibility index (Phi) is 3.80. The molecule has 1 aliphatic heterocycles. The molecule has 3 heteroatoms. The number of benzene rings is 1. The standard InChI is InChI=1S/C13H19N2O/c1-12(15-10-8-14(2)9-11-15)16-13-6-4-3-5-7-13/h4-7,12H,8-11H2,1-2H3. The van der Waals surface area contributed by atoms with Gasteiger partial charge in [0.1, 0.15) is 12.0 Å². The maximum Gasteiger partial charge on any atom is 0.149 e. The molecule has 1 saturated heterocycles. The first-order valence-electron chi connectivity index (χ1n) is 5.81. The zero-order valence-corrected chi connectivity index (χ0v) is 10.0. The molecule has 0 aliphatic carbocycles. The van der Waals surface area contributed by atoms with E-state index in [2.05, 4.69) is 29.8 Å². The van der Waals surface area contributed by atoms with Gasteiger partial charge >= 0.3 is 0 Å². The van der Waals surface area contributed by atoms with Gasteiger partial charge in [-0.3, -0.25) is 4.90 Å². The van der Waals surface area contributed by atoms with E-state index in [4.69, 9.17) is 4.74 Å². The highest BCUT2D eigenvalue weighted by molar-refractivity contribution is 5.20. The third-order valence-corrected chi connectivity index (χ3v) is 3.05. The first-order valence-corrected chi connectivity index (χ1v) is 5.81. The Bertz CT molecular complexity index is 307. The van der Waals surface area contributed by atoms with Crippen LogP contribution >= 0.6 is 0 Å². The average Bonchev–Trinajstić information content (AvgIpc) is 2.31. The van der Waals surface area contributed by atoms with E-state index in [1.165, 1.54) is 0 Å². The van der Waals surface area contributed by atoms with Crippen LogP contribution in [0.2, 0.25) is 0 Å². The lowest BCUT2D eigenvalue weighted by molar-refractivity contribution is 0.00906. The van der Waals surface area contributed by atoms with Crippen LogP contribution in [0.5, 0.6) is 5.75 Å². The zero-order valence-electron chi connectivity index (χ0n) is 10.0. The van der Waals surface area contributed by atoms with E-state index in [0.29, 0.717) is 0 Å². The molecular formula is C13H19N2O. The second-order valence-corrected chi connectivity index (χ2v) is 4.29. The number of ether oxygens (including phenoxy) is 1.